The molecule has 0 aromatic heterocycles. The predicted molar refractivity (Wildman–Crippen MR) is 95.4 cm³/mol. The van der Waals surface area contributed by atoms with Crippen LogP contribution in [0.2, 0.25) is 0 Å². The zero-order valence-corrected chi connectivity index (χ0v) is 14.5. The lowest BCUT2D eigenvalue weighted by Gasteiger charge is -2.18. The fourth-order valence-corrected chi connectivity index (χ4v) is 2.17. The average Bonchev–Trinajstić information content (AvgIpc) is 2.61. The Balaban J connectivity index is 1.85. The molecular weight excluding hydrogens is 306 g/mol. The van der Waals surface area contributed by atoms with Crippen molar-refractivity contribution in [1.29, 1.82) is 0 Å². The first-order valence-electron chi connectivity index (χ1n) is 7.98. The van der Waals surface area contributed by atoms with Gasteiger partial charge in [0.25, 0.3) is 0 Å². The van der Waals surface area contributed by atoms with Crippen LogP contribution in [-0.4, -0.2) is 40.1 Å². The van der Waals surface area contributed by atoms with Gasteiger partial charge in [-0.1, -0.05) is 18.2 Å². The van der Waals surface area contributed by atoms with Gasteiger partial charge in [-0.05, 0) is 31.2 Å². The minimum absolute atomic E-state index is 0.0145. The topological polar surface area (TPSA) is 49.0 Å². The van der Waals surface area contributed by atoms with Crippen LogP contribution < -0.4 is 19.5 Å². The molecule has 0 saturated heterocycles. The number of para-hydroxylation sites is 2. The molecule has 0 amide bonds. The van der Waals surface area contributed by atoms with E-state index in [1.165, 1.54) is 0 Å². The second-order valence-corrected chi connectivity index (χ2v) is 5.33. The van der Waals surface area contributed by atoms with Gasteiger partial charge in [0.15, 0.2) is 11.5 Å². The highest BCUT2D eigenvalue weighted by Gasteiger charge is 2.08. The summed E-state index contributed by atoms with van der Waals surface area (Å²) in [6.45, 7) is 3.78. The fraction of sp³-hybridized carbons (Fsp3) is 0.368. The minimum Gasteiger partial charge on any atom is -0.493 e. The number of hydrogen-bond donors (Lipinski definition) is 1. The Morgan fingerprint density at radius 1 is 0.958 bits per heavy atom. The van der Waals surface area contributed by atoms with Crippen LogP contribution in [0.4, 0.5) is 5.69 Å². The third-order valence-electron chi connectivity index (χ3n) is 3.38. The lowest BCUT2D eigenvalue weighted by Crippen LogP contribution is -2.22. The molecule has 5 heteroatoms. The zero-order chi connectivity index (χ0) is 17.2. The van der Waals surface area contributed by atoms with Gasteiger partial charge in [-0.2, -0.15) is 0 Å². The number of ether oxygens (including phenoxy) is 4. The van der Waals surface area contributed by atoms with Gasteiger partial charge >= 0.3 is 0 Å². The highest BCUT2D eigenvalue weighted by Crippen LogP contribution is 2.27. The van der Waals surface area contributed by atoms with Crippen LogP contribution in [0.1, 0.15) is 6.92 Å². The number of anilines is 1. The number of hydrogen-bond acceptors (Lipinski definition) is 5. The van der Waals surface area contributed by atoms with Gasteiger partial charge in [0.05, 0.1) is 20.3 Å². The highest BCUT2D eigenvalue weighted by atomic mass is 16.5. The van der Waals surface area contributed by atoms with Crippen molar-refractivity contribution in [3.8, 4) is 17.2 Å². The molecule has 0 saturated carbocycles. The van der Waals surface area contributed by atoms with E-state index in [2.05, 4.69) is 5.32 Å². The van der Waals surface area contributed by atoms with Gasteiger partial charge in [-0.3, -0.25) is 0 Å². The molecule has 0 heterocycles. The Bertz CT molecular complexity index is 618. The normalized spacial score (nSPS) is 11.6. The molecule has 0 aliphatic carbocycles. The number of benzene rings is 2. The summed E-state index contributed by atoms with van der Waals surface area (Å²) in [5.74, 6) is 2.29. The summed E-state index contributed by atoms with van der Waals surface area (Å²) < 4.78 is 21.8. The maximum atomic E-state index is 5.93. The molecule has 24 heavy (non-hydrogen) atoms. The summed E-state index contributed by atoms with van der Waals surface area (Å²) in [5, 5.41) is 3.36. The van der Waals surface area contributed by atoms with Crippen LogP contribution in [0.15, 0.2) is 48.5 Å². The summed E-state index contributed by atoms with van der Waals surface area (Å²) in [6.07, 6.45) is -0.0145. The molecule has 0 aliphatic rings. The number of nitrogens with one attached hydrogen (secondary N) is 1. The molecule has 2 rings (SSSR count). The van der Waals surface area contributed by atoms with Crippen LogP contribution in [0, 0.1) is 0 Å². The Labute approximate surface area is 143 Å². The second-order valence-electron chi connectivity index (χ2n) is 5.33. The van der Waals surface area contributed by atoms with Crippen molar-refractivity contribution in [2.24, 2.45) is 0 Å². The summed E-state index contributed by atoms with van der Waals surface area (Å²) in [7, 11) is 3.30. The van der Waals surface area contributed by atoms with Gasteiger partial charge in [0.1, 0.15) is 18.5 Å². The van der Waals surface area contributed by atoms with E-state index in [4.69, 9.17) is 18.9 Å². The number of methoxy groups -OCH3 is 2. The Hall–Kier alpha value is -2.40. The molecule has 2 aromatic carbocycles. The molecule has 0 fully saturated rings. The van der Waals surface area contributed by atoms with Gasteiger partial charge in [-0.25, -0.2) is 0 Å². The number of rotatable bonds is 10. The fourth-order valence-electron chi connectivity index (χ4n) is 2.17. The lowest BCUT2D eigenvalue weighted by atomic mass is 10.3. The Morgan fingerprint density at radius 3 is 2.50 bits per heavy atom. The van der Waals surface area contributed by atoms with Gasteiger partial charge in [0.2, 0.25) is 0 Å². The SMILES string of the molecule is COCCOc1cccc(NCC(C)Oc2ccccc2OC)c1. The van der Waals surface area contributed by atoms with Crippen molar-refractivity contribution in [2.75, 3.05) is 39.3 Å². The molecule has 5 nitrogen and oxygen atoms in total. The van der Waals surface area contributed by atoms with Crippen LogP contribution in [0.25, 0.3) is 0 Å². The lowest BCUT2D eigenvalue weighted by molar-refractivity contribution is 0.146. The third-order valence-corrected chi connectivity index (χ3v) is 3.38. The van der Waals surface area contributed by atoms with Crippen LogP contribution >= 0.6 is 0 Å². The predicted octanol–water partition coefficient (Wildman–Crippen LogP) is 3.60. The van der Waals surface area contributed by atoms with Gasteiger partial charge in [0, 0.05) is 18.9 Å². The average molecular weight is 331 g/mol. The van der Waals surface area contributed by atoms with Crippen LogP contribution in [0.5, 0.6) is 17.2 Å². The molecule has 0 radical (unpaired) electrons. The van der Waals surface area contributed by atoms with E-state index in [0.29, 0.717) is 19.8 Å². The minimum atomic E-state index is -0.0145. The molecule has 0 bridgehead atoms. The van der Waals surface area contributed by atoms with Crippen molar-refractivity contribution in [3.63, 3.8) is 0 Å². The first kappa shape index (κ1) is 17.9. The van der Waals surface area contributed by atoms with Crippen molar-refractivity contribution in [2.45, 2.75) is 13.0 Å². The van der Waals surface area contributed by atoms with Crippen molar-refractivity contribution >= 4 is 5.69 Å². The first-order chi connectivity index (χ1) is 11.7. The summed E-state index contributed by atoms with van der Waals surface area (Å²) in [4.78, 5) is 0. The molecule has 1 atom stereocenters. The second kappa shape index (κ2) is 9.67. The van der Waals surface area contributed by atoms with E-state index >= 15 is 0 Å². The quantitative estimate of drug-likeness (QED) is 0.674. The monoisotopic (exact) mass is 331 g/mol. The van der Waals surface area contributed by atoms with Gasteiger partial charge < -0.3 is 24.3 Å². The van der Waals surface area contributed by atoms with E-state index in [1.54, 1.807) is 14.2 Å². The molecule has 1 unspecified atom stereocenters. The molecule has 2 aromatic rings. The first-order valence-corrected chi connectivity index (χ1v) is 7.98. The van der Waals surface area contributed by atoms with E-state index in [9.17, 15) is 0 Å². The Kier molecular flexibility index (Phi) is 7.23. The third kappa shape index (κ3) is 5.66. The van der Waals surface area contributed by atoms with E-state index in [-0.39, 0.29) is 6.10 Å². The maximum Gasteiger partial charge on any atom is 0.161 e. The van der Waals surface area contributed by atoms with E-state index in [1.807, 2.05) is 55.5 Å². The van der Waals surface area contributed by atoms with Gasteiger partial charge in [-0.15, -0.1) is 0 Å². The van der Waals surface area contributed by atoms with Crippen molar-refractivity contribution in [3.05, 3.63) is 48.5 Å². The Morgan fingerprint density at radius 2 is 1.75 bits per heavy atom. The smallest absolute Gasteiger partial charge is 0.161 e. The highest BCUT2D eigenvalue weighted by molar-refractivity contribution is 5.48. The largest absolute Gasteiger partial charge is 0.493 e. The van der Waals surface area contributed by atoms with E-state index in [0.717, 1.165) is 22.9 Å². The zero-order valence-electron chi connectivity index (χ0n) is 14.5. The van der Waals surface area contributed by atoms with Crippen LogP contribution in [-0.2, 0) is 4.74 Å². The van der Waals surface area contributed by atoms with Crippen molar-refractivity contribution < 1.29 is 18.9 Å². The molecule has 0 aliphatic heterocycles. The molecule has 0 spiro atoms. The van der Waals surface area contributed by atoms with Crippen molar-refractivity contribution in [1.82, 2.24) is 0 Å². The van der Waals surface area contributed by atoms with E-state index < -0.39 is 0 Å². The maximum absolute atomic E-state index is 5.93. The summed E-state index contributed by atoms with van der Waals surface area (Å²) in [6, 6.07) is 15.5. The summed E-state index contributed by atoms with van der Waals surface area (Å²) >= 11 is 0. The molecule has 130 valence electrons. The van der Waals surface area contributed by atoms with Crippen LogP contribution in [0.3, 0.4) is 0 Å². The standard InChI is InChI=1S/C19H25NO4/c1-15(24-19-10-5-4-9-18(19)22-3)14-20-16-7-6-8-17(13-16)23-12-11-21-2/h4-10,13,15,20H,11-12,14H2,1-3H3. The molecule has 1 N–H and O–H groups in total. The molecular formula is C19H25NO4. The summed E-state index contributed by atoms with van der Waals surface area (Å²) in [5.41, 5.74) is 0.986.